The van der Waals surface area contributed by atoms with Gasteiger partial charge in [0.1, 0.15) is 54.3 Å². The summed E-state index contributed by atoms with van der Waals surface area (Å²) < 4.78 is 26.3. The molecule has 84 heavy (non-hydrogen) atoms. The maximum Gasteiger partial charge on any atom is 0.337 e. The quantitative estimate of drug-likeness (QED) is 0.00544. The predicted molar refractivity (Wildman–Crippen MR) is 301 cm³/mol. The van der Waals surface area contributed by atoms with Gasteiger partial charge in [0.05, 0.1) is 41.4 Å². The lowest BCUT2D eigenvalue weighted by Gasteiger charge is -2.59. The lowest BCUT2D eigenvalue weighted by molar-refractivity contribution is -0.400. The average molecular weight is 1170 g/mol. The molecule has 26 nitrogen and oxygen atoms in total. The molecule has 12 unspecified atom stereocenters. The molecule has 2 fully saturated rings. The number of aryl methyl sites for hydroxylation is 2. The Bertz CT molecular complexity index is 3460. The molecule has 9 rings (SSSR count). The smallest absolute Gasteiger partial charge is 0.337 e. The molecule has 0 spiro atoms. The van der Waals surface area contributed by atoms with Gasteiger partial charge >= 0.3 is 11.9 Å². The number of aliphatic hydroxyl groups is 6. The first kappa shape index (κ1) is 60.6. The van der Waals surface area contributed by atoms with Gasteiger partial charge < -0.3 is 101 Å². The van der Waals surface area contributed by atoms with Crippen molar-refractivity contribution >= 4 is 52.3 Å². The minimum atomic E-state index is -3.52. The number of carboxylic acids is 1. The second-order valence-electron chi connectivity index (χ2n) is 21.2. The number of aromatic nitrogens is 2. The predicted octanol–water partition coefficient (Wildman–Crippen LogP) is -0.237. The minimum Gasteiger partial charge on any atom is -0.508 e. The van der Waals surface area contributed by atoms with Crippen LogP contribution < -0.4 is 42.0 Å². The van der Waals surface area contributed by atoms with E-state index in [0.717, 1.165) is 11.1 Å². The van der Waals surface area contributed by atoms with Gasteiger partial charge in [-0.2, -0.15) is 4.73 Å². The molecule has 3 aromatic carbocycles. The van der Waals surface area contributed by atoms with Crippen molar-refractivity contribution in [1.82, 2.24) is 31.0 Å². The molecule has 448 valence electrons. The van der Waals surface area contributed by atoms with Crippen LogP contribution in [-0.4, -0.2) is 186 Å². The molecule has 6 heterocycles. The molecular weight excluding hydrogens is 1100 g/mol. The van der Waals surface area contributed by atoms with Crippen LogP contribution in [0.5, 0.6) is 11.5 Å². The van der Waals surface area contributed by atoms with Crippen LogP contribution >= 0.6 is 0 Å². The number of aromatic amines is 1. The number of piperidine rings is 1. The van der Waals surface area contributed by atoms with Crippen molar-refractivity contribution in [1.29, 1.82) is 0 Å². The number of aliphatic imine (C=N–C) groups is 1. The Morgan fingerprint density at radius 3 is 2.48 bits per heavy atom. The number of hydrogen-bond donors (Lipinski definition) is 14. The van der Waals surface area contributed by atoms with E-state index in [4.69, 9.17) is 29.2 Å². The van der Waals surface area contributed by atoms with E-state index in [2.05, 4.69) is 31.2 Å². The van der Waals surface area contributed by atoms with E-state index in [0.29, 0.717) is 59.8 Å². The van der Waals surface area contributed by atoms with Crippen LogP contribution in [0.2, 0.25) is 0 Å². The van der Waals surface area contributed by atoms with Crippen LogP contribution in [0, 0.1) is 19.8 Å². The molecule has 12 atom stereocenters. The highest BCUT2D eigenvalue weighted by atomic mass is 16.8. The Morgan fingerprint density at radius 2 is 1.79 bits per heavy atom. The largest absolute Gasteiger partial charge is 0.508 e. The monoisotopic (exact) mass is 1160 g/mol. The first-order chi connectivity index (χ1) is 40.3. The summed E-state index contributed by atoms with van der Waals surface area (Å²) in [6, 6.07) is 12.5. The fraction of sp³-hybridized carbons (Fsp3) is 0.414. The van der Waals surface area contributed by atoms with Gasteiger partial charge in [-0.1, -0.05) is 41.5 Å². The van der Waals surface area contributed by atoms with Crippen LogP contribution in [0.25, 0.3) is 44.3 Å². The average Bonchev–Trinajstić information content (AvgIpc) is 0.749. The third kappa shape index (κ3) is 11.9. The van der Waals surface area contributed by atoms with Crippen LogP contribution in [0.3, 0.4) is 0 Å². The summed E-state index contributed by atoms with van der Waals surface area (Å²) in [7, 11) is 0. The number of nitrogens with two attached hydrogens (primary N) is 1. The number of carbonyl (C=O) groups is 4. The van der Waals surface area contributed by atoms with Gasteiger partial charge in [-0.05, 0) is 87.7 Å². The summed E-state index contributed by atoms with van der Waals surface area (Å²) in [5.41, 5.74) is -0.547. The lowest BCUT2D eigenvalue weighted by atomic mass is 9.66. The first-order valence-electron chi connectivity index (χ1n) is 27.2. The highest BCUT2D eigenvalue weighted by molar-refractivity contribution is 5.99. The van der Waals surface area contributed by atoms with Gasteiger partial charge in [-0.15, -0.1) is 0 Å². The molecular formula is C58H68N8O18. The Labute approximate surface area is 479 Å². The number of guanidine groups is 1. The van der Waals surface area contributed by atoms with Crippen LogP contribution in [-0.2, 0) is 28.7 Å². The maximum absolute atomic E-state index is 14.5. The zero-order chi connectivity index (χ0) is 60.1. The number of esters is 1. The third-order valence-corrected chi connectivity index (χ3v) is 15.5. The molecule has 0 radical (unpaired) electrons. The Balaban J connectivity index is 1.23. The van der Waals surface area contributed by atoms with E-state index in [9.17, 15) is 64.8 Å². The summed E-state index contributed by atoms with van der Waals surface area (Å²) in [5.74, 6) is -4.62. The number of aliphatic hydroxyl groups excluding tert-OH is 4. The summed E-state index contributed by atoms with van der Waals surface area (Å²) >= 11 is 0. The number of carbonyl (C=O) groups excluding carboxylic acids is 3. The maximum atomic E-state index is 14.5. The molecule has 0 aliphatic carbocycles. The van der Waals surface area contributed by atoms with Gasteiger partial charge in [-0.3, -0.25) is 10.1 Å². The van der Waals surface area contributed by atoms with Crippen molar-refractivity contribution in [2.24, 2.45) is 16.6 Å². The van der Waals surface area contributed by atoms with Gasteiger partial charge in [0.15, 0.2) is 28.7 Å². The van der Waals surface area contributed by atoms with E-state index in [1.807, 2.05) is 38.1 Å². The summed E-state index contributed by atoms with van der Waals surface area (Å²) in [4.78, 5) is 79.9. The number of aliphatic carboxylic acids is 1. The number of fused-ring (bicyclic) bond motifs is 3. The molecule has 0 bridgehead atoms. The first-order valence-corrected chi connectivity index (χ1v) is 27.2. The summed E-state index contributed by atoms with van der Waals surface area (Å²) in [6.45, 7) is 0.798. The number of rotatable bonds is 24. The summed E-state index contributed by atoms with van der Waals surface area (Å²) in [6.07, 6.45) is -1.19. The molecule has 15 N–H and O–H groups in total. The number of hydrogen-bond acceptors (Lipinski definition) is 21. The van der Waals surface area contributed by atoms with E-state index in [1.165, 1.54) is 59.7 Å². The zero-order valence-corrected chi connectivity index (χ0v) is 45.8. The van der Waals surface area contributed by atoms with Crippen LogP contribution in [0.1, 0.15) is 36.8 Å². The standard InChI is InChI=1S/C58H68N8O18/c1-31-21-32(2)23-36(22-31)48-46-35(14-18-62-46)26-66(48)84-50-53(81-38-11-12-39-44(24-38)80-28-40(49(39)74)33-6-9-37(72)10-7-33)82-54(56(78,29-70)58(50,79)45(73)5-3-19-67)57(30-71,83-52(77)47(51(75)76)61-16-4-20-68)65-55(59)64-43(27-69)42-13-8-34-25-60-17-15-41(34)63-42/h6-14,18,20-24,26-28,34,41-43,45,47,50,53-54,60-63,67,70-73,78-79H,3-5,15-17,19,25,29-30H2,1-2H3,(H,75,76)(H3,59,64,65). The number of H-pyrrole nitrogens is 1. The van der Waals surface area contributed by atoms with Crippen molar-refractivity contribution in [3.05, 3.63) is 119 Å². The number of phenols is 1. The lowest BCUT2D eigenvalue weighted by Crippen LogP contribution is -2.86. The van der Waals surface area contributed by atoms with E-state index >= 15 is 0 Å². The third-order valence-electron chi connectivity index (χ3n) is 15.5. The topological polar surface area (TPSA) is 404 Å². The number of carboxylic acid groups (broad SMARTS) is 1. The molecule has 0 saturated carbocycles. The highest BCUT2D eigenvalue weighted by Gasteiger charge is 2.75. The fourth-order valence-corrected chi connectivity index (χ4v) is 11.4. The summed E-state index contributed by atoms with van der Waals surface area (Å²) in [5, 5.41) is 106. The molecule has 2 saturated heterocycles. The molecule has 3 aliphatic rings. The molecule has 26 heteroatoms. The van der Waals surface area contributed by atoms with Gasteiger partial charge in [0.25, 0.3) is 0 Å². The molecule has 6 aromatic rings. The van der Waals surface area contributed by atoms with Crippen LogP contribution in [0.15, 0.2) is 112 Å². The number of nitrogens with zero attached hydrogens (tertiary/aromatic N) is 2. The Hall–Kier alpha value is -8.02. The fourth-order valence-electron chi connectivity index (χ4n) is 11.4. The number of phenolic OH excluding ortho intramolecular Hbond substituents is 1. The van der Waals surface area contributed by atoms with Crippen molar-refractivity contribution in [2.75, 3.05) is 39.5 Å². The number of aromatic hydroxyl groups is 1. The molecule has 3 aromatic heterocycles. The molecule has 3 aliphatic heterocycles. The van der Waals surface area contributed by atoms with Crippen molar-refractivity contribution in [3.63, 3.8) is 0 Å². The van der Waals surface area contributed by atoms with Crippen molar-refractivity contribution in [3.8, 4) is 33.9 Å². The van der Waals surface area contributed by atoms with Crippen molar-refractivity contribution < 1.29 is 83.5 Å². The number of aldehydes is 2. The van der Waals surface area contributed by atoms with E-state index < -0.39 is 116 Å². The SMILES string of the molecule is Cc1cc(C)cc(-c2c3[nH]ccc3cn2OC2C(Oc3ccc4c(=O)c(-c5ccc(O)cc5)coc4c3)OC(C(CO)(NC(N)=NC(C=O)C3C=CC4CNCCC4N3)OC(=O)C(NCCC=O)C(=O)O)C(O)(CO)C2(O)C(O)CCCO)c1. The number of nitrogens with one attached hydrogen (secondary N) is 5. The number of benzene rings is 3. The van der Waals surface area contributed by atoms with Gasteiger partial charge in [0.2, 0.25) is 24.2 Å². The van der Waals surface area contributed by atoms with E-state index in [-0.39, 0.29) is 52.8 Å². The Kier molecular flexibility index (Phi) is 18.4. The number of ether oxygens (including phenoxy) is 3. The second-order valence-corrected chi connectivity index (χ2v) is 21.2. The van der Waals surface area contributed by atoms with Crippen molar-refractivity contribution in [2.45, 2.75) is 105 Å². The van der Waals surface area contributed by atoms with Gasteiger partial charge in [0, 0.05) is 61.3 Å². The zero-order valence-electron chi connectivity index (χ0n) is 45.8. The Morgan fingerprint density at radius 1 is 1.02 bits per heavy atom. The molecule has 0 amide bonds. The minimum absolute atomic E-state index is 0.0391. The van der Waals surface area contributed by atoms with Crippen LogP contribution in [0.4, 0.5) is 0 Å². The second kappa shape index (κ2) is 25.5. The van der Waals surface area contributed by atoms with E-state index in [1.54, 1.807) is 18.3 Å². The van der Waals surface area contributed by atoms with Gasteiger partial charge in [-0.25, -0.2) is 14.6 Å². The highest BCUT2D eigenvalue weighted by Crippen LogP contribution is 2.47. The normalized spacial score (nSPS) is 25.2.